The molecule has 1 aromatic carbocycles. The molecule has 3 aromatic rings. The zero-order chi connectivity index (χ0) is 22.5. The van der Waals surface area contributed by atoms with Crippen LogP contribution in [0.25, 0.3) is 11.3 Å². The lowest BCUT2D eigenvalue weighted by atomic mass is 9.98. The molecule has 2 atom stereocenters. The minimum Gasteiger partial charge on any atom is -0.354 e. The van der Waals surface area contributed by atoms with Gasteiger partial charge < -0.3 is 14.8 Å². The number of thioether (sulfide) groups is 1. The van der Waals surface area contributed by atoms with Crippen molar-refractivity contribution in [3.8, 4) is 11.3 Å². The molecule has 0 saturated carbocycles. The molecule has 2 aromatic heterocycles. The van der Waals surface area contributed by atoms with Crippen molar-refractivity contribution in [2.75, 3.05) is 11.1 Å². The maximum Gasteiger partial charge on any atom is 0.233 e. The molecule has 3 heterocycles. The second kappa shape index (κ2) is 10.5. The van der Waals surface area contributed by atoms with Crippen LogP contribution >= 0.6 is 23.1 Å². The molecule has 32 heavy (non-hydrogen) atoms. The van der Waals surface area contributed by atoms with Gasteiger partial charge in [-0.25, -0.2) is 4.98 Å². The first-order valence-electron chi connectivity index (χ1n) is 11.2. The van der Waals surface area contributed by atoms with Crippen molar-refractivity contribution in [3.05, 3.63) is 41.5 Å². The third kappa shape index (κ3) is 5.15. The molecule has 1 aliphatic rings. The molecular formula is C23H30N6OS2. The average Bonchev–Trinajstić information content (AvgIpc) is 3.43. The number of benzene rings is 1. The zero-order valence-corrected chi connectivity index (χ0v) is 20.5. The minimum absolute atomic E-state index is 0.191. The number of nitrogens with one attached hydrogen (secondary N) is 1. The van der Waals surface area contributed by atoms with Crippen molar-refractivity contribution < 1.29 is 4.79 Å². The molecule has 0 unspecified atom stereocenters. The van der Waals surface area contributed by atoms with Gasteiger partial charge in [-0.05, 0) is 40.0 Å². The Morgan fingerprint density at radius 1 is 1.19 bits per heavy atom. The maximum absolute atomic E-state index is 12.9. The van der Waals surface area contributed by atoms with E-state index in [0.717, 1.165) is 46.8 Å². The third-order valence-corrected chi connectivity index (χ3v) is 7.64. The molecular weight excluding hydrogens is 440 g/mol. The normalized spacial score (nSPS) is 18.7. The van der Waals surface area contributed by atoms with Crippen LogP contribution in [-0.4, -0.2) is 48.4 Å². The van der Waals surface area contributed by atoms with E-state index in [-0.39, 0.29) is 5.91 Å². The summed E-state index contributed by atoms with van der Waals surface area (Å²) >= 11 is 3.06. The lowest BCUT2D eigenvalue weighted by Crippen LogP contribution is -2.48. The first-order chi connectivity index (χ1) is 15.6. The fraction of sp³-hybridized carbons (Fsp3) is 0.478. The fourth-order valence-electron chi connectivity index (χ4n) is 4.24. The Morgan fingerprint density at radius 2 is 1.94 bits per heavy atom. The van der Waals surface area contributed by atoms with Crippen molar-refractivity contribution in [1.29, 1.82) is 0 Å². The van der Waals surface area contributed by atoms with E-state index in [1.807, 2.05) is 18.2 Å². The largest absolute Gasteiger partial charge is 0.354 e. The van der Waals surface area contributed by atoms with Crippen LogP contribution in [0, 0.1) is 0 Å². The lowest BCUT2D eigenvalue weighted by Gasteiger charge is -2.39. The summed E-state index contributed by atoms with van der Waals surface area (Å²) in [4.78, 5) is 19.6. The predicted molar refractivity (Wildman–Crippen MR) is 131 cm³/mol. The van der Waals surface area contributed by atoms with Gasteiger partial charge in [-0.2, -0.15) is 0 Å². The number of nitrogens with zero attached hydrogens (tertiary/aromatic N) is 5. The van der Waals surface area contributed by atoms with E-state index < -0.39 is 0 Å². The predicted octanol–water partition coefficient (Wildman–Crippen LogP) is 4.92. The molecule has 1 aliphatic heterocycles. The van der Waals surface area contributed by atoms with Crippen molar-refractivity contribution in [2.24, 2.45) is 0 Å². The molecule has 0 radical (unpaired) electrons. The van der Waals surface area contributed by atoms with Crippen molar-refractivity contribution in [1.82, 2.24) is 24.6 Å². The first-order valence-corrected chi connectivity index (χ1v) is 13.0. The van der Waals surface area contributed by atoms with Crippen LogP contribution in [0.4, 0.5) is 5.13 Å². The Morgan fingerprint density at radius 3 is 2.66 bits per heavy atom. The van der Waals surface area contributed by atoms with Crippen LogP contribution in [0.2, 0.25) is 0 Å². The number of carbonyl (C=O) groups is 1. The summed E-state index contributed by atoms with van der Waals surface area (Å²) in [6, 6.07) is 10.8. The molecule has 1 N–H and O–H groups in total. The summed E-state index contributed by atoms with van der Waals surface area (Å²) in [6.45, 7) is 7.67. The second-order valence-corrected chi connectivity index (χ2v) is 9.92. The van der Waals surface area contributed by atoms with E-state index in [1.165, 1.54) is 18.2 Å². The summed E-state index contributed by atoms with van der Waals surface area (Å²) in [6.07, 6.45) is 3.38. The second-order valence-electron chi connectivity index (χ2n) is 8.12. The van der Waals surface area contributed by atoms with E-state index in [1.54, 1.807) is 11.3 Å². The summed E-state index contributed by atoms with van der Waals surface area (Å²) in [5.41, 5.74) is 2.07. The first kappa shape index (κ1) is 22.8. The monoisotopic (exact) mass is 470 g/mol. The number of hydrogen-bond donors (Lipinski definition) is 1. The SMILES string of the molecule is CCn1c(CNc2nc(-c3ccccc3)cs2)nnc1SCC(=O)N1[C@@H](C)CCC[C@@H]1C. The van der Waals surface area contributed by atoms with Gasteiger partial charge >= 0.3 is 0 Å². The van der Waals surface area contributed by atoms with Gasteiger partial charge in [-0.3, -0.25) is 4.79 Å². The molecule has 0 spiro atoms. The van der Waals surface area contributed by atoms with Gasteiger partial charge in [-0.15, -0.1) is 21.5 Å². The number of anilines is 1. The lowest BCUT2D eigenvalue weighted by molar-refractivity contribution is -0.134. The smallest absolute Gasteiger partial charge is 0.233 e. The molecule has 0 aliphatic carbocycles. The van der Waals surface area contributed by atoms with Crippen LogP contribution in [0.3, 0.4) is 0 Å². The van der Waals surface area contributed by atoms with Gasteiger partial charge in [0.2, 0.25) is 5.91 Å². The average molecular weight is 471 g/mol. The van der Waals surface area contributed by atoms with Gasteiger partial charge in [0.05, 0.1) is 18.0 Å². The molecule has 1 saturated heterocycles. The highest BCUT2D eigenvalue weighted by molar-refractivity contribution is 7.99. The van der Waals surface area contributed by atoms with Gasteiger partial charge in [0, 0.05) is 29.6 Å². The zero-order valence-electron chi connectivity index (χ0n) is 18.8. The summed E-state index contributed by atoms with van der Waals surface area (Å²) in [5.74, 6) is 1.43. The highest BCUT2D eigenvalue weighted by Crippen LogP contribution is 2.27. The number of rotatable bonds is 8. The van der Waals surface area contributed by atoms with Crippen molar-refractivity contribution >= 4 is 34.1 Å². The fourth-order valence-corrected chi connectivity index (χ4v) is 5.85. The summed E-state index contributed by atoms with van der Waals surface area (Å²) in [7, 11) is 0. The topological polar surface area (TPSA) is 75.9 Å². The molecule has 4 rings (SSSR count). The van der Waals surface area contributed by atoms with Gasteiger partial charge in [0.25, 0.3) is 0 Å². The Bertz CT molecular complexity index is 1020. The molecule has 7 nitrogen and oxygen atoms in total. The Kier molecular flexibility index (Phi) is 7.47. The van der Waals surface area contributed by atoms with Crippen molar-refractivity contribution in [2.45, 2.75) is 70.4 Å². The van der Waals surface area contributed by atoms with E-state index >= 15 is 0 Å². The van der Waals surface area contributed by atoms with Crippen LogP contribution in [0.15, 0.2) is 40.9 Å². The van der Waals surface area contributed by atoms with Crippen LogP contribution in [0.5, 0.6) is 0 Å². The van der Waals surface area contributed by atoms with Gasteiger partial charge in [0.1, 0.15) is 0 Å². The highest BCUT2D eigenvalue weighted by Gasteiger charge is 2.29. The van der Waals surface area contributed by atoms with Gasteiger partial charge in [0.15, 0.2) is 16.1 Å². The minimum atomic E-state index is 0.191. The Balaban J connectivity index is 1.36. The molecule has 9 heteroatoms. The van der Waals surface area contributed by atoms with Crippen molar-refractivity contribution in [3.63, 3.8) is 0 Å². The maximum atomic E-state index is 12.9. The number of piperidine rings is 1. The Labute approximate surface area is 197 Å². The quantitative estimate of drug-likeness (QED) is 0.471. The highest BCUT2D eigenvalue weighted by atomic mass is 32.2. The molecule has 1 fully saturated rings. The van der Waals surface area contributed by atoms with Crippen LogP contribution < -0.4 is 5.32 Å². The Hall–Kier alpha value is -2.39. The van der Waals surface area contributed by atoms with E-state index in [4.69, 9.17) is 0 Å². The summed E-state index contributed by atoms with van der Waals surface area (Å²) < 4.78 is 2.07. The van der Waals surface area contributed by atoms with Crippen LogP contribution in [-0.2, 0) is 17.9 Å². The number of likely N-dealkylation sites (tertiary alicyclic amines) is 1. The number of thiazole rings is 1. The standard InChI is InChI=1S/C23H30N6OS2/c1-4-28-20(13-24-22-25-19(14-31-22)18-11-6-5-7-12-18)26-27-23(28)32-15-21(30)29-16(2)9-8-10-17(29)3/h5-7,11-12,14,16-17H,4,8-10,13,15H2,1-3H3,(H,24,25)/t16-,17-/m0/s1. The molecule has 0 bridgehead atoms. The third-order valence-electron chi connectivity index (χ3n) is 5.89. The number of carbonyl (C=O) groups excluding carboxylic acids is 1. The van der Waals surface area contributed by atoms with E-state index in [0.29, 0.717) is 24.4 Å². The van der Waals surface area contributed by atoms with E-state index in [2.05, 4.69) is 68.2 Å². The number of amides is 1. The van der Waals surface area contributed by atoms with E-state index in [9.17, 15) is 4.79 Å². The molecule has 1 amide bonds. The van der Waals surface area contributed by atoms with Gasteiger partial charge in [-0.1, -0.05) is 42.1 Å². The number of aromatic nitrogens is 4. The summed E-state index contributed by atoms with van der Waals surface area (Å²) in [5, 5.41) is 15.8. The number of hydrogen-bond acceptors (Lipinski definition) is 7. The molecule has 170 valence electrons. The van der Waals surface area contributed by atoms with Crippen LogP contribution in [0.1, 0.15) is 45.9 Å².